The summed E-state index contributed by atoms with van der Waals surface area (Å²) in [6.45, 7) is 28.0. The molecule has 0 atom stereocenters. The van der Waals surface area contributed by atoms with Crippen LogP contribution in [0.25, 0.3) is 49.4 Å². The Bertz CT molecular complexity index is 2310. The average molecular weight is 668 g/mol. The van der Waals surface area contributed by atoms with Gasteiger partial charge in [0.05, 0.1) is 28.8 Å². The van der Waals surface area contributed by atoms with Gasteiger partial charge in [0.2, 0.25) is 0 Å². The molecule has 0 amide bonds. The van der Waals surface area contributed by atoms with Gasteiger partial charge < -0.3 is 0 Å². The van der Waals surface area contributed by atoms with E-state index >= 15 is 0 Å². The fourth-order valence-electron chi connectivity index (χ4n) is 8.05. The molecule has 3 aliphatic rings. The Morgan fingerprint density at radius 3 is 1.57 bits per heavy atom. The average Bonchev–Trinajstić information content (AvgIpc) is 3.38. The van der Waals surface area contributed by atoms with Gasteiger partial charge in [0.25, 0.3) is 0 Å². The van der Waals surface area contributed by atoms with E-state index in [9.17, 15) is 0 Å². The van der Waals surface area contributed by atoms with Crippen molar-refractivity contribution in [3.63, 3.8) is 0 Å². The molecule has 0 aliphatic heterocycles. The minimum atomic E-state index is -0.0443. The van der Waals surface area contributed by atoms with E-state index in [1.165, 1.54) is 88.3 Å². The maximum absolute atomic E-state index is 2.53. The lowest BCUT2D eigenvalue weighted by Crippen LogP contribution is -2.10. The topological polar surface area (TPSA) is 0 Å². The van der Waals surface area contributed by atoms with Crippen LogP contribution in [0.4, 0.5) is 0 Å². The maximum Gasteiger partial charge on any atom is 0.0582 e. The van der Waals surface area contributed by atoms with Crippen molar-refractivity contribution >= 4 is 38.3 Å². The van der Waals surface area contributed by atoms with Crippen LogP contribution in [0.3, 0.4) is 0 Å². The summed E-state index contributed by atoms with van der Waals surface area (Å²) in [4.78, 5) is 0. The van der Waals surface area contributed by atoms with E-state index in [2.05, 4.69) is 198 Å². The van der Waals surface area contributed by atoms with Gasteiger partial charge in [-0.05, 0) is 121 Å². The Kier molecular flexibility index (Phi) is 8.22. The highest BCUT2D eigenvalue weighted by molar-refractivity contribution is 6.21. The fraction of sp³-hybridized carbons (Fsp3) is 0.314. The van der Waals surface area contributed by atoms with E-state index in [1.807, 2.05) is 0 Å². The standard InChI is InChI=1S/C51H55/c1-48(2,3)34-21-25-38-40(27-23-34)44(50(7,8)9)30-42(38)47(46-36-19-15-13-17-32(36)29-33-18-14-16-20-37(33)46)43-31-45(51(10,11)12)41-28-24-35(49(4,5)6)22-26-39(41)43/h13-31H,1-12H3/q+1/b47-42+. The molecular formula is C51H55+. The summed E-state index contributed by atoms with van der Waals surface area (Å²) in [7, 11) is 0. The molecule has 0 fully saturated rings. The molecule has 4 aromatic rings. The fourth-order valence-corrected chi connectivity index (χ4v) is 8.05. The van der Waals surface area contributed by atoms with Crippen LogP contribution in [0.15, 0.2) is 115 Å². The summed E-state index contributed by atoms with van der Waals surface area (Å²) >= 11 is 0. The Morgan fingerprint density at radius 1 is 0.490 bits per heavy atom. The number of fused-ring (bicyclic) bond motifs is 4. The van der Waals surface area contributed by atoms with Gasteiger partial charge in [-0.3, -0.25) is 0 Å². The van der Waals surface area contributed by atoms with Crippen molar-refractivity contribution in [2.24, 2.45) is 5.41 Å². The summed E-state index contributed by atoms with van der Waals surface area (Å²) in [6.07, 6.45) is 2.53. The molecule has 0 unspecified atom stereocenters. The molecule has 0 saturated heterocycles. The molecule has 0 N–H and O–H groups in total. The lowest BCUT2D eigenvalue weighted by Gasteiger charge is -2.20. The maximum atomic E-state index is 2.53. The molecule has 0 spiro atoms. The van der Waals surface area contributed by atoms with Crippen LogP contribution in [-0.2, 0) is 16.2 Å². The second kappa shape index (κ2) is 12.0. The van der Waals surface area contributed by atoms with E-state index in [0.29, 0.717) is 0 Å². The van der Waals surface area contributed by atoms with Crippen LogP contribution in [0.5, 0.6) is 0 Å². The first-order valence-electron chi connectivity index (χ1n) is 18.8. The molecule has 51 heavy (non-hydrogen) atoms. The normalized spacial score (nSPS) is 15.0. The van der Waals surface area contributed by atoms with Gasteiger partial charge in [-0.2, -0.15) is 0 Å². The largest absolute Gasteiger partial charge is 0.0616 e. The summed E-state index contributed by atoms with van der Waals surface area (Å²) in [5.74, 6) is 0. The van der Waals surface area contributed by atoms with Crippen LogP contribution in [0.1, 0.15) is 122 Å². The van der Waals surface area contributed by atoms with E-state index in [0.717, 1.165) is 0 Å². The van der Waals surface area contributed by atoms with Crippen molar-refractivity contribution in [1.29, 1.82) is 0 Å². The third kappa shape index (κ3) is 6.22. The summed E-state index contributed by atoms with van der Waals surface area (Å²) in [6, 6.07) is 42.0. The van der Waals surface area contributed by atoms with Gasteiger partial charge in [-0.25, -0.2) is 0 Å². The second-order valence-electron chi connectivity index (χ2n) is 18.9. The minimum Gasteiger partial charge on any atom is -0.0616 e. The Balaban J connectivity index is 1.74. The van der Waals surface area contributed by atoms with Crippen molar-refractivity contribution in [2.75, 3.05) is 0 Å². The molecular weight excluding hydrogens is 613 g/mol. The predicted octanol–water partition coefficient (Wildman–Crippen LogP) is 14.7. The van der Waals surface area contributed by atoms with Crippen molar-refractivity contribution < 1.29 is 0 Å². The van der Waals surface area contributed by atoms with Crippen LogP contribution < -0.4 is 0 Å². The molecule has 3 aliphatic carbocycles. The number of hydrogen-bond acceptors (Lipinski definition) is 0. The van der Waals surface area contributed by atoms with Crippen molar-refractivity contribution in [3.8, 4) is 11.1 Å². The summed E-state index contributed by atoms with van der Waals surface area (Å²) < 4.78 is 0. The lowest BCUT2D eigenvalue weighted by molar-refractivity contribution is 0.568. The quantitative estimate of drug-likeness (QED) is 0.127. The molecule has 0 heterocycles. The van der Waals surface area contributed by atoms with E-state index in [4.69, 9.17) is 0 Å². The highest BCUT2D eigenvalue weighted by atomic mass is 14.4. The molecule has 0 saturated carbocycles. The zero-order chi connectivity index (χ0) is 36.7. The lowest BCUT2D eigenvalue weighted by atomic mass is 9.83. The first kappa shape index (κ1) is 34.9. The minimum absolute atomic E-state index is 0.0416. The van der Waals surface area contributed by atoms with Crippen LogP contribution in [0, 0.1) is 5.41 Å². The van der Waals surface area contributed by atoms with Crippen molar-refractivity contribution in [3.05, 3.63) is 154 Å². The molecule has 0 nitrogen and oxygen atoms in total. The monoisotopic (exact) mass is 667 g/mol. The SMILES string of the molecule is CC(C)(C)C1=C/C(=C(/c2cc(C(C)(C)C)c3ccc(C(C)(C)C)ccc2-3)c2c3ccccc3cc3ccccc23)c2cc[c+](C(C)(C)C)ccc21. The number of benzene rings is 3. The van der Waals surface area contributed by atoms with E-state index in [-0.39, 0.29) is 21.7 Å². The second-order valence-corrected chi connectivity index (χ2v) is 18.9. The molecule has 258 valence electrons. The van der Waals surface area contributed by atoms with Crippen LogP contribution in [0.2, 0.25) is 0 Å². The Hall–Kier alpha value is -4.55. The van der Waals surface area contributed by atoms with Gasteiger partial charge in [0, 0.05) is 23.1 Å². The van der Waals surface area contributed by atoms with Crippen molar-refractivity contribution in [2.45, 2.75) is 99.3 Å². The first-order chi connectivity index (χ1) is 23.8. The van der Waals surface area contributed by atoms with Gasteiger partial charge in [0.15, 0.2) is 0 Å². The zero-order valence-electron chi connectivity index (χ0n) is 33.0. The third-order valence-corrected chi connectivity index (χ3v) is 10.9. The summed E-state index contributed by atoms with van der Waals surface area (Å²) in [5.41, 5.74) is 16.0. The van der Waals surface area contributed by atoms with E-state index < -0.39 is 0 Å². The molecule has 7 rings (SSSR count). The summed E-state index contributed by atoms with van der Waals surface area (Å²) in [5, 5.41) is 5.11. The molecule has 0 aromatic heterocycles. The third-order valence-electron chi connectivity index (χ3n) is 10.9. The highest BCUT2D eigenvalue weighted by Gasteiger charge is 2.35. The van der Waals surface area contributed by atoms with Gasteiger partial charge in [0.1, 0.15) is 0 Å². The van der Waals surface area contributed by atoms with Gasteiger partial charge in [-0.1, -0.05) is 135 Å². The number of rotatable bonds is 2. The van der Waals surface area contributed by atoms with Gasteiger partial charge in [-0.15, -0.1) is 0 Å². The number of hydrogen-bond donors (Lipinski definition) is 0. The predicted molar refractivity (Wildman–Crippen MR) is 225 cm³/mol. The Labute approximate surface area is 307 Å². The molecule has 0 radical (unpaired) electrons. The van der Waals surface area contributed by atoms with Gasteiger partial charge >= 0.3 is 0 Å². The Morgan fingerprint density at radius 2 is 1.04 bits per heavy atom. The zero-order valence-corrected chi connectivity index (χ0v) is 33.0. The first-order valence-corrected chi connectivity index (χ1v) is 18.8. The molecule has 0 heteroatoms. The van der Waals surface area contributed by atoms with Crippen molar-refractivity contribution in [1.82, 2.24) is 0 Å². The van der Waals surface area contributed by atoms with Crippen LogP contribution >= 0.6 is 0 Å². The number of allylic oxidation sites excluding steroid dienone is 3. The highest BCUT2D eigenvalue weighted by Crippen LogP contribution is 2.53. The van der Waals surface area contributed by atoms with Crippen LogP contribution in [-0.4, -0.2) is 0 Å². The van der Waals surface area contributed by atoms with E-state index in [1.54, 1.807) is 0 Å². The smallest absolute Gasteiger partial charge is 0.0582 e. The molecule has 4 aromatic carbocycles. The molecule has 0 bridgehead atoms.